The maximum atomic E-state index is 14.8. The standard InChI is InChI=1S/C24H25FN4O3S.2ClH/c25-17-3-1-15-2-4-22(31)29-12-16(23(17)24(15)29)11-27-5-7-28(8-6-27)13-19(30)18-9-21-20(10-26-18)32-14-33-21;;/h1-4,9-10,16,19,30H,5-8,11-14H2;2*1H/t16-,19?;;/m1../s1. The topological polar surface area (TPSA) is 70.8 Å². The fraction of sp³-hybridized carbons (Fsp3) is 0.417. The second-order valence-electron chi connectivity index (χ2n) is 8.96. The Morgan fingerprint density at radius 1 is 1.14 bits per heavy atom. The number of ether oxygens (including phenoxy) is 1. The Bertz CT molecular complexity index is 1290. The molecule has 2 atom stereocenters. The first kappa shape index (κ1) is 26.2. The van der Waals surface area contributed by atoms with Gasteiger partial charge in [-0.3, -0.25) is 14.7 Å². The Labute approximate surface area is 219 Å². The van der Waals surface area contributed by atoms with E-state index in [2.05, 4.69) is 14.8 Å². The lowest BCUT2D eigenvalue weighted by molar-refractivity contribution is 0.0680. The number of piperazine rings is 1. The van der Waals surface area contributed by atoms with Crippen LogP contribution in [-0.4, -0.2) is 69.7 Å². The summed E-state index contributed by atoms with van der Waals surface area (Å²) < 4.78 is 21.9. The molecule has 0 spiro atoms. The zero-order chi connectivity index (χ0) is 22.5. The van der Waals surface area contributed by atoms with Crippen molar-refractivity contribution in [2.24, 2.45) is 0 Å². The second-order valence-corrected chi connectivity index (χ2v) is 9.92. The minimum Gasteiger partial charge on any atom is -0.480 e. The largest absolute Gasteiger partial charge is 0.480 e. The number of β-amino-alcohol motifs (C(OH)–C–C–N with tert-alkyl or cyclic N) is 1. The Kier molecular flexibility index (Phi) is 7.95. The molecule has 3 aromatic rings. The summed E-state index contributed by atoms with van der Waals surface area (Å²) >= 11 is 1.61. The van der Waals surface area contributed by atoms with Gasteiger partial charge in [-0.1, -0.05) is 11.8 Å². The average molecular weight is 541 g/mol. The third-order valence-electron chi connectivity index (χ3n) is 6.95. The lowest BCUT2D eigenvalue weighted by atomic mass is 9.98. The summed E-state index contributed by atoms with van der Waals surface area (Å²) in [5.41, 5.74) is 2.03. The lowest BCUT2D eigenvalue weighted by Gasteiger charge is -2.36. The molecule has 0 aliphatic carbocycles. The van der Waals surface area contributed by atoms with Crippen LogP contribution in [0.1, 0.15) is 23.3 Å². The van der Waals surface area contributed by atoms with Crippen molar-refractivity contribution in [3.05, 3.63) is 64.0 Å². The van der Waals surface area contributed by atoms with Gasteiger partial charge in [0.1, 0.15) is 17.9 Å². The number of aliphatic hydroxyl groups excluding tert-OH is 1. The van der Waals surface area contributed by atoms with Gasteiger partial charge in [0.05, 0.1) is 22.3 Å². The van der Waals surface area contributed by atoms with E-state index in [0.29, 0.717) is 30.3 Å². The molecule has 0 bridgehead atoms. The molecule has 1 saturated heterocycles. The molecule has 35 heavy (non-hydrogen) atoms. The molecule has 2 aromatic heterocycles. The predicted octanol–water partition coefficient (Wildman–Crippen LogP) is 3.27. The van der Waals surface area contributed by atoms with Gasteiger partial charge in [0, 0.05) is 63.4 Å². The molecule has 6 rings (SSSR count). The van der Waals surface area contributed by atoms with Crippen LogP contribution < -0.4 is 10.3 Å². The number of aromatic nitrogens is 2. The van der Waals surface area contributed by atoms with Crippen LogP contribution in [0.15, 0.2) is 46.2 Å². The molecule has 0 amide bonds. The Balaban J connectivity index is 0.00000144. The minimum atomic E-state index is -0.647. The van der Waals surface area contributed by atoms with Crippen molar-refractivity contribution < 1.29 is 14.2 Å². The maximum absolute atomic E-state index is 14.8. The molecule has 1 unspecified atom stereocenters. The highest BCUT2D eigenvalue weighted by Gasteiger charge is 2.31. The van der Waals surface area contributed by atoms with Gasteiger partial charge >= 0.3 is 0 Å². The van der Waals surface area contributed by atoms with Gasteiger partial charge < -0.3 is 19.3 Å². The summed E-state index contributed by atoms with van der Waals surface area (Å²) in [6, 6.07) is 8.53. The van der Waals surface area contributed by atoms with Gasteiger partial charge in [0.15, 0.2) is 5.75 Å². The van der Waals surface area contributed by atoms with Gasteiger partial charge in [-0.2, -0.15) is 0 Å². The first-order valence-electron chi connectivity index (χ1n) is 11.3. The third kappa shape index (κ3) is 4.90. The van der Waals surface area contributed by atoms with Crippen molar-refractivity contribution in [1.82, 2.24) is 19.4 Å². The normalized spacial score (nSPS) is 20.1. The second kappa shape index (κ2) is 10.6. The van der Waals surface area contributed by atoms with E-state index < -0.39 is 6.10 Å². The highest BCUT2D eigenvalue weighted by Crippen LogP contribution is 2.37. The molecule has 1 fully saturated rings. The van der Waals surface area contributed by atoms with E-state index in [4.69, 9.17) is 4.74 Å². The van der Waals surface area contributed by atoms with Crippen molar-refractivity contribution in [3.8, 4) is 5.75 Å². The van der Waals surface area contributed by atoms with E-state index in [1.165, 1.54) is 6.07 Å². The smallest absolute Gasteiger partial charge is 0.251 e. The summed E-state index contributed by atoms with van der Waals surface area (Å²) in [5, 5.41) is 11.6. The number of nitrogens with zero attached hydrogens (tertiary/aromatic N) is 4. The highest BCUT2D eigenvalue weighted by molar-refractivity contribution is 7.99. The molecule has 3 aliphatic heterocycles. The number of aliphatic hydroxyl groups is 1. The van der Waals surface area contributed by atoms with Crippen LogP contribution in [0, 0.1) is 5.82 Å². The summed E-state index contributed by atoms with van der Waals surface area (Å²) in [5.74, 6) is 1.12. The Morgan fingerprint density at radius 2 is 1.89 bits per heavy atom. The van der Waals surface area contributed by atoms with Crippen molar-refractivity contribution in [1.29, 1.82) is 0 Å². The van der Waals surface area contributed by atoms with E-state index in [1.54, 1.807) is 40.7 Å². The maximum Gasteiger partial charge on any atom is 0.251 e. The van der Waals surface area contributed by atoms with Crippen LogP contribution in [-0.2, 0) is 6.54 Å². The lowest BCUT2D eigenvalue weighted by Crippen LogP contribution is -2.48. The van der Waals surface area contributed by atoms with Crippen molar-refractivity contribution >= 4 is 47.5 Å². The molecule has 11 heteroatoms. The van der Waals surface area contributed by atoms with E-state index in [9.17, 15) is 14.3 Å². The Morgan fingerprint density at radius 3 is 2.69 bits per heavy atom. The monoisotopic (exact) mass is 540 g/mol. The number of fused-ring (bicyclic) bond motifs is 1. The molecule has 7 nitrogen and oxygen atoms in total. The molecular weight excluding hydrogens is 514 g/mol. The molecule has 0 radical (unpaired) electrons. The Hall–Kier alpha value is -1.88. The summed E-state index contributed by atoms with van der Waals surface area (Å²) in [6.45, 7) is 5.11. The first-order chi connectivity index (χ1) is 16.1. The number of hydrogen-bond donors (Lipinski definition) is 1. The van der Waals surface area contributed by atoms with Gasteiger partial charge in [0.25, 0.3) is 5.56 Å². The van der Waals surface area contributed by atoms with Gasteiger partial charge in [-0.25, -0.2) is 4.39 Å². The van der Waals surface area contributed by atoms with Crippen molar-refractivity contribution in [2.45, 2.75) is 23.5 Å². The van der Waals surface area contributed by atoms with Gasteiger partial charge in [-0.15, -0.1) is 24.8 Å². The van der Waals surface area contributed by atoms with Crippen LogP contribution >= 0.6 is 36.6 Å². The average Bonchev–Trinajstić information content (AvgIpc) is 3.45. The number of benzene rings is 1. The number of hydrogen-bond acceptors (Lipinski definition) is 7. The van der Waals surface area contributed by atoms with Crippen molar-refractivity contribution in [3.63, 3.8) is 0 Å². The van der Waals surface area contributed by atoms with Crippen molar-refractivity contribution in [2.75, 3.05) is 45.2 Å². The van der Waals surface area contributed by atoms with Gasteiger partial charge in [0.2, 0.25) is 0 Å². The van der Waals surface area contributed by atoms with E-state index in [0.717, 1.165) is 54.3 Å². The molecule has 1 aromatic carbocycles. The first-order valence-corrected chi connectivity index (χ1v) is 12.3. The molecule has 5 heterocycles. The quantitative estimate of drug-likeness (QED) is 0.532. The van der Waals surface area contributed by atoms with E-state index in [-0.39, 0.29) is 42.1 Å². The van der Waals surface area contributed by atoms with Crippen LogP contribution in [0.3, 0.4) is 0 Å². The summed E-state index contributed by atoms with van der Waals surface area (Å²) in [7, 11) is 0. The number of halogens is 3. The minimum absolute atomic E-state index is 0. The van der Waals surface area contributed by atoms with Crippen LogP contribution in [0.25, 0.3) is 10.9 Å². The van der Waals surface area contributed by atoms with Crippen LogP contribution in [0.2, 0.25) is 0 Å². The van der Waals surface area contributed by atoms with Gasteiger partial charge in [-0.05, 0) is 29.7 Å². The number of thioether (sulfide) groups is 1. The van der Waals surface area contributed by atoms with E-state index in [1.807, 2.05) is 6.07 Å². The molecule has 188 valence electrons. The fourth-order valence-corrected chi connectivity index (χ4v) is 6.00. The SMILES string of the molecule is Cl.Cl.O=c1ccc2ccc(F)c3c2n1C[C@H]3CN1CCN(CC(O)c2cc3c(cn2)OCS3)CC1. The highest BCUT2D eigenvalue weighted by atomic mass is 35.5. The molecular formula is C24H27Cl2FN4O3S. The molecule has 3 aliphatic rings. The molecule has 0 saturated carbocycles. The zero-order valence-electron chi connectivity index (χ0n) is 18.9. The van der Waals surface area contributed by atoms with Crippen LogP contribution in [0.4, 0.5) is 4.39 Å². The summed E-state index contributed by atoms with van der Waals surface area (Å²) in [4.78, 5) is 22.3. The molecule has 1 N–H and O–H groups in total. The fourth-order valence-electron chi connectivity index (χ4n) is 5.23. The van der Waals surface area contributed by atoms with Crippen LogP contribution in [0.5, 0.6) is 5.75 Å². The number of pyridine rings is 2. The third-order valence-corrected chi connectivity index (χ3v) is 7.81. The predicted molar refractivity (Wildman–Crippen MR) is 139 cm³/mol. The summed E-state index contributed by atoms with van der Waals surface area (Å²) in [6.07, 6.45) is 1.04. The number of rotatable bonds is 5. The zero-order valence-corrected chi connectivity index (χ0v) is 21.4. The van der Waals surface area contributed by atoms with E-state index >= 15 is 0 Å².